The Morgan fingerprint density at radius 1 is 1.27 bits per heavy atom. The number of hydrogen-bond acceptors (Lipinski definition) is 6. The lowest BCUT2D eigenvalue weighted by Gasteiger charge is -2.27. The number of fused-ring (bicyclic) bond motifs is 1. The van der Waals surface area contributed by atoms with Crippen LogP contribution in [0.1, 0.15) is 63.9 Å². The van der Waals surface area contributed by atoms with Crippen LogP contribution in [-0.4, -0.2) is 28.2 Å². The van der Waals surface area contributed by atoms with Crippen molar-refractivity contribution in [3.8, 4) is 11.3 Å². The standard InChI is InChI=1S/C23H25N3O3S/c1-14-20-17(27)11-23(2,3)12-18(20)29-21(14)22(28)25-8-4-5-19-26-16(13-30-19)15-6-9-24-10-7-15/h6-7,9-10,13H,4-5,8,11-12H2,1-3H3,(H,25,28). The van der Waals surface area contributed by atoms with E-state index in [1.807, 2.05) is 31.4 Å². The van der Waals surface area contributed by atoms with Crippen LogP contribution >= 0.6 is 11.3 Å². The van der Waals surface area contributed by atoms with Crippen LogP contribution in [0.4, 0.5) is 0 Å². The second-order valence-electron chi connectivity index (χ2n) is 8.52. The predicted molar refractivity (Wildman–Crippen MR) is 116 cm³/mol. The number of carbonyl (C=O) groups is 2. The number of nitrogens with zero attached hydrogens (tertiary/aromatic N) is 2. The van der Waals surface area contributed by atoms with Gasteiger partial charge in [-0.15, -0.1) is 11.3 Å². The van der Waals surface area contributed by atoms with Gasteiger partial charge in [-0.2, -0.15) is 0 Å². The summed E-state index contributed by atoms with van der Waals surface area (Å²) < 4.78 is 5.82. The number of aryl methyl sites for hydroxylation is 1. The molecular weight excluding hydrogens is 398 g/mol. The maximum atomic E-state index is 12.6. The molecule has 0 radical (unpaired) electrons. The van der Waals surface area contributed by atoms with Crippen molar-refractivity contribution in [2.75, 3.05) is 6.54 Å². The predicted octanol–water partition coefficient (Wildman–Crippen LogP) is 4.62. The summed E-state index contributed by atoms with van der Waals surface area (Å²) in [5.74, 6) is 0.713. The molecule has 1 N–H and O–H groups in total. The monoisotopic (exact) mass is 423 g/mol. The molecule has 7 heteroatoms. The number of carbonyl (C=O) groups excluding carboxylic acids is 2. The molecule has 1 aliphatic rings. The van der Waals surface area contributed by atoms with Crippen molar-refractivity contribution in [3.05, 3.63) is 57.6 Å². The van der Waals surface area contributed by atoms with Gasteiger partial charge >= 0.3 is 0 Å². The molecule has 0 aromatic carbocycles. The van der Waals surface area contributed by atoms with E-state index in [0.29, 0.717) is 36.3 Å². The molecule has 0 saturated carbocycles. The lowest BCUT2D eigenvalue weighted by molar-refractivity contribution is 0.0889. The molecule has 0 saturated heterocycles. The first-order valence-corrected chi connectivity index (χ1v) is 11.0. The summed E-state index contributed by atoms with van der Waals surface area (Å²) in [5.41, 5.74) is 3.13. The highest BCUT2D eigenvalue weighted by Gasteiger charge is 2.36. The molecule has 30 heavy (non-hydrogen) atoms. The molecule has 0 unspecified atom stereocenters. The van der Waals surface area contributed by atoms with Crippen molar-refractivity contribution in [3.63, 3.8) is 0 Å². The van der Waals surface area contributed by atoms with Gasteiger partial charge in [0.15, 0.2) is 11.5 Å². The lowest BCUT2D eigenvalue weighted by Crippen LogP contribution is -2.26. The highest BCUT2D eigenvalue weighted by molar-refractivity contribution is 7.09. The Morgan fingerprint density at radius 3 is 2.80 bits per heavy atom. The Hall–Kier alpha value is -2.80. The summed E-state index contributed by atoms with van der Waals surface area (Å²) in [4.78, 5) is 33.8. The van der Waals surface area contributed by atoms with E-state index >= 15 is 0 Å². The number of pyridine rings is 1. The van der Waals surface area contributed by atoms with E-state index in [1.165, 1.54) is 0 Å². The number of thiazole rings is 1. The van der Waals surface area contributed by atoms with Crippen molar-refractivity contribution < 1.29 is 14.0 Å². The fourth-order valence-corrected chi connectivity index (χ4v) is 4.75. The van der Waals surface area contributed by atoms with Gasteiger partial charge in [0.05, 0.1) is 16.3 Å². The Morgan fingerprint density at radius 2 is 2.03 bits per heavy atom. The highest BCUT2D eigenvalue weighted by atomic mass is 32.1. The molecule has 6 nitrogen and oxygen atoms in total. The van der Waals surface area contributed by atoms with Crippen LogP contribution in [0.15, 0.2) is 34.3 Å². The summed E-state index contributed by atoms with van der Waals surface area (Å²) in [5, 5.41) is 5.99. The summed E-state index contributed by atoms with van der Waals surface area (Å²) in [6.07, 6.45) is 6.24. The minimum absolute atomic E-state index is 0.0651. The summed E-state index contributed by atoms with van der Waals surface area (Å²) in [6, 6.07) is 3.88. The van der Waals surface area contributed by atoms with Crippen molar-refractivity contribution in [1.29, 1.82) is 0 Å². The molecule has 0 atom stereocenters. The summed E-state index contributed by atoms with van der Waals surface area (Å²) >= 11 is 1.62. The van der Waals surface area contributed by atoms with E-state index in [9.17, 15) is 9.59 Å². The molecule has 0 bridgehead atoms. The second-order valence-corrected chi connectivity index (χ2v) is 9.46. The largest absolute Gasteiger partial charge is 0.455 e. The molecule has 0 aliphatic heterocycles. The topological polar surface area (TPSA) is 85.1 Å². The van der Waals surface area contributed by atoms with Gasteiger partial charge < -0.3 is 9.73 Å². The smallest absolute Gasteiger partial charge is 0.287 e. The zero-order valence-electron chi connectivity index (χ0n) is 17.4. The average molecular weight is 424 g/mol. The van der Waals surface area contributed by atoms with Crippen molar-refractivity contribution >= 4 is 23.0 Å². The maximum absolute atomic E-state index is 12.6. The van der Waals surface area contributed by atoms with Crippen LogP contribution in [-0.2, 0) is 12.8 Å². The van der Waals surface area contributed by atoms with E-state index in [-0.39, 0.29) is 22.9 Å². The first-order valence-electron chi connectivity index (χ1n) is 10.1. The summed E-state index contributed by atoms with van der Waals surface area (Å²) in [7, 11) is 0. The minimum atomic E-state index is -0.260. The third-order valence-corrected chi connectivity index (χ3v) is 6.27. The Kier molecular flexibility index (Phi) is 5.56. The molecule has 0 fully saturated rings. The molecule has 1 aliphatic carbocycles. The Labute approximate surface area is 179 Å². The van der Waals surface area contributed by atoms with Crippen LogP contribution in [0.25, 0.3) is 11.3 Å². The van der Waals surface area contributed by atoms with Crippen molar-refractivity contribution in [2.45, 2.75) is 46.5 Å². The SMILES string of the molecule is Cc1c(C(=O)NCCCc2nc(-c3ccncc3)cs2)oc2c1C(=O)CC(C)(C)C2. The van der Waals surface area contributed by atoms with Crippen LogP contribution < -0.4 is 5.32 Å². The van der Waals surface area contributed by atoms with Crippen LogP contribution in [0.3, 0.4) is 0 Å². The van der Waals surface area contributed by atoms with Gasteiger partial charge in [0.25, 0.3) is 5.91 Å². The molecule has 0 spiro atoms. The van der Waals surface area contributed by atoms with Crippen LogP contribution in [0, 0.1) is 12.3 Å². The summed E-state index contributed by atoms with van der Waals surface area (Å²) in [6.45, 7) is 6.41. The van der Waals surface area contributed by atoms with E-state index in [4.69, 9.17) is 4.42 Å². The number of furan rings is 1. The zero-order chi connectivity index (χ0) is 21.3. The average Bonchev–Trinajstić information content (AvgIpc) is 3.29. The van der Waals surface area contributed by atoms with Crippen molar-refractivity contribution in [2.24, 2.45) is 5.41 Å². The van der Waals surface area contributed by atoms with E-state index in [1.54, 1.807) is 30.7 Å². The van der Waals surface area contributed by atoms with E-state index in [0.717, 1.165) is 29.1 Å². The fourth-order valence-electron chi connectivity index (χ4n) is 3.90. The molecule has 156 valence electrons. The van der Waals surface area contributed by atoms with Gasteiger partial charge in [0.1, 0.15) is 5.76 Å². The number of hydrogen-bond donors (Lipinski definition) is 1. The number of Topliss-reactive ketones (excluding diaryl/α,β-unsaturated/α-hetero) is 1. The van der Waals surface area contributed by atoms with Crippen LogP contribution in [0.5, 0.6) is 0 Å². The first kappa shape index (κ1) is 20.5. The number of rotatable bonds is 6. The minimum Gasteiger partial charge on any atom is -0.455 e. The van der Waals surface area contributed by atoms with E-state index in [2.05, 4.69) is 15.3 Å². The highest BCUT2D eigenvalue weighted by Crippen LogP contribution is 2.38. The fraction of sp³-hybridized carbons (Fsp3) is 0.391. The number of amides is 1. The third-order valence-electron chi connectivity index (χ3n) is 5.36. The zero-order valence-corrected chi connectivity index (χ0v) is 18.3. The Bertz CT molecular complexity index is 1080. The van der Waals surface area contributed by atoms with Gasteiger partial charge in [-0.25, -0.2) is 4.98 Å². The van der Waals surface area contributed by atoms with Gasteiger partial charge in [-0.3, -0.25) is 14.6 Å². The molecule has 1 amide bonds. The van der Waals surface area contributed by atoms with Gasteiger partial charge in [0, 0.05) is 54.7 Å². The lowest BCUT2D eigenvalue weighted by atomic mass is 9.76. The second kappa shape index (κ2) is 8.14. The maximum Gasteiger partial charge on any atom is 0.287 e. The molecule has 4 rings (SSSR count). The van der Waals surface area contributed by atoms with E-state index < -0.39 is 0 Å². The normalized spacial score (nSPS) is 15.1. The molecule has 3 aromatic heterocycles. The van der Waals surface area contributed by atoms with Gasteiger partial charge in [-0.05, 0) is 30.9 Å². The van der Waals surface area contributed by atoms with Gasteiger partial charge in [0.2, 0.25) is 0 Å². The number of nitrogens with one attached hydrogen (secondary N) is 1. The Balaban J connectivity index is 1.33. The van der Waals surface area contributed by atoms with Crippen LogP contribution in [0.2, 0.25) is 0 Å². The first-order chi connectivity index (χ1) is 14.3. The molecule has 3 heterocycles. The molecular formula is C23H25N3O3S. The quantitative estimate of drug-likeness (QED) is 0.585. The molecule has 3 aromatic rings. The number of ketones is 1. The number of aromatic nitrogens is 2. The van der Waals surface area contributed by atoms with Crippen molar-refractivity contribution in [1.82, 2.24) is 15.3 Å². The van der Waals surface area contributed by atoms with Gasteiger partial charge in [-0.1, -0.05) is 13.8 Å². The third kappa shape index (κ3) is 4.21.